The van der Waals surface area contributed by atoms with Crippen LogP contribution in [0.1, 0.15) is 23.2 Å². The van der Waals surface area contributed by atoms with E-state index in [2.05, 4.69) is 5.32 Å². The maximum Gasteiger partial charge on any atom is 0.337 e. The molecule has 116 valence electrons. The first-order valence-corrected chi connectivity index (χ1v) is 8.14. The van der Waals surface area contributed by atoms with Crippen LogP contribution in [-0.2, 0) is 14.8 Å². The van der Waals surface area contributed by atoms with E-state index in [9.17, 15) is 18.3 Å². The van der Waals surface area contributed by atoms with Gasteiger partial charge in [0.05, 0.1) is 17.1 Å². The highest BCUT2D eigenvalue weighted by atomic mass is 32.2. The monoisotopic (exact) mass is 314 g/mol. The van der Waals surface area contributed by atoms with Crippen LogP contribution in [0.5, 0.6) is 0 Å². The highest BCUT2D eigenvalue weighted by Crippen LogP contribution is 2.21. The molecule has 0 amide bonds. The van der Waals surface area contributed by atoms with Crippen molar-refractivity contribution in [1.82, 2.24) is 0 Å². The van der Waals surface area contributed by atoms with Crippen LogP contribution in [-0.4, -0.2) is 39.3 Å². The zero-order valence-electron chi connectivity index (χ0n) is 11.4. The van der Waals surface area contributed by atoms with Crippen molar-refractivity contribution in [3.8, 4) is 0 Å². The molecule has 8 heteroatoms. The summed E-state index contributed by atoms with van der Waals surface area (Å²) in [6.07, 6.45) is 2.01. The van der Waals surface area contributed by atoms with Gasteiger partial charge in [-0.25, -0.2) is 18.4 Å². The van der Waals surface area contributed by atoms with Crippen LogP contribution in [0.25, 0.3) is 0 Å². The summed E-state index contributed by atoms with van der Waals surface area (Å²) in [7, 11) is -3.92. The first-order chi connectivity index (χ1) is 9.88. The first-order valence-electron chi connectivity index (χ1n) is 6.59. The quantitative estimate of drug-likeness (QED) is 0.742. The first kappa shape index (κ1) is 15.7. The number of carboxylic acids is 1. The van der Waals surface area contributed by atoms with Gasteiger partial charge in [0.1, 0.15) is 0 Å². The molecule has 0 aliphatic carbocycles. The third kappa shape index (κ3) is 4.16. The number of anilines is 1. The normalized spacial score (nSPS) is 19.2. The van der Waals surface area contributed by atoms with Crippen molar-refractivity contribution < 1.29 is 23.1 Å². The number of sulfonamides is 1. The Hall–Kier alpha value is -1.64. The van der Waals surface area contributed by atoms with E-state index in [0.29, 0.717) is 24.8 Å². The highest BCUT2D eigenvalue weighted by molar-refractivity contribution is 7.89. The van der Waals surface area contributed by atoms with Crippen molar-refractivity contribution in [3.63, 3.8) is 0 Å². The molecule has 1 fully saturated rings. The average Bonchev–Trinajstić information content (AvgIpc) is 2.45. The van der Waals surface area contributed by atoms with Gasteiger partial charge in [-0.2, -0.15) is 0 Å². The number of ether oxygens (including phenoxy) is 1. The molecule has 0 saturated carbocycles. The third-order valence-electron chi connectivity index (χ3n) is 3.39. The lowest BCUT2D eigenvalue weighted by molar-refractivity contribution is 0.0595. The van der Waals surface area contributed by atoms with Gasteiger partial charge in [-0.15, -0.1) is 0 Å². The number of hydrogen-bond donors (Lipinski definition) is 3. The fourth-order valence-electron chi connectivity index (χ4n) is 2.25. The summed E-state index contributed by atoms with van der Waals surface area (Å²) in [5, 5.41) is 17.2. The van der Waals surface area contributed by atoms with Crippen molar-refractivity contribution in [1.29, 1.82) is 0 Å². The fraction of sp³-hybridized carbons (Fsp3) is 0.462. The van der Waals surface area contributed by atoms with Crippen LogP contribution in [0.2, 0.25) is 0 Å². The number of aromatic carboxylic acids is 1. The molecule has 1 unspecified atom stereocenters. The van der Waals surface area contributed by atoms with Gasteiger partial charge in [-0.05, 0) is 37.0 Å². The van der Waals surface area contributed by atoms with Gasteiger partial charge in [0.2, 0.25) is 10.0 Å². The molecule has 1 aliphatic rings. The summed E-state index contributed by atoms with van der Waals surface area (Å²) in [5.74, 6) is -0.888. The molecule has 0 aromatic heterocycles. The number of primary sulfonamides is 1. The Kier molecular flexibility index (Phi) is 4.81. The summed E-state index contributed by atoms with van der Waals surface area (Å²) >= 11 is 0. The zero-order chi connectivity index (χ0) is 15.5. The van der Waals surface area contributed by atoms with Crippen LogP contribution in [0.15, 0.2) is 23.1 Å². The Bertz CT molecular complexity index is 623. The van der Waals surface area contributed by atoms with Crippen LogP contribution >= 0.6 is 0 Å². The average molecular weight is 314 g/mol. The van der Waals surface area contributed by atoms with Crippen LogP contribution in [0, 0.1) is 5.92 Å². The van der Waals surface area contributed by atoms with E-state index in [1.807, 2.05) is 0 Å². The topological polar surface area (TPSA) is 119 Å². The molecule has 1 aliphatic heterocycles. The standard InChI is InChI=1S/C13H18N2O5S/c14-21(18,19)10-3-4-12(11(6-10)13(16)17)15-7-9-2-1-5-20-8-9/h3-4,6,9,15H,1-2,5,7-8H2,(H,16,17)(H2,14,18,19). The predicted octanol–water partition coefficient (Wildman–Crippen LogP) is 0.871. The Labute approximate surface area is 123 Å². The molecule has 1 atom stereocenters. The Morgan fingerprint density at radius 2 is 2.24 bits per heavy atom. The Morgan fingerprint density at radius 3 is 2.81 bits per heavy atom. The summed E-state index contributed by atoms with van der Waals surface area (Å²) in [4.78, 5) is 11.0. The second-order valence-electron chi connectivity index (χ2n) is 5.02. The van der Waals surface area contributed by atoms with Crippen LogP contribution in [0.4, 0.5) is 5.69 Å². The van der Waals surface area contributed by atoms with E-state index < -0.39 is 16.0 Å². The van der Waals surface area contributed by atoms with Gasteiger partial charge in [0, 0.05) is 18.8 Å². The molecule has 0 radical (unpaired) electrons. The number of rotatable bonds is 5. The highest BCUT2D eigenvalue weighted by Gasteiger charge is 2.18. The van der Waals surface area contributed by atoms with Crippen molar-refractivity contribution in [3.05, 3.63) is 23.8 Å². The van der Waals surface area contributed by atoms with Crippen molar-refractivity contribution in [2.24, 2.45) is 11.1 Å². The Balaban J connectivity index is 2.16. The number of carboxylic acid groups (broad SMARTS) is 1. The number of nitrogens with two attached hydrogens (primary N) is 1. The predicted molar refractivity (Wildman–Crippen MR) is 76.8 cm³/mol. The van der Waals surface area contributed by atoms with Gasteiger partial charge in [0.15, 0.2) is 0 Å². The summed E-state index contributed by atoms with van der Waals surface area (Å²) in [5.41, 5.74) is 0.263. The number of benzene rings is 1. The van der Waals surface area contributed by atoms with E-state index in [1.165, 1.54) is 12.1 Å². The molecule has 0 spiro atoms. The minimum absolute atomic E-state index is 0.113. The van der Waals surface area contributed by atoms with Gasteiger partial charge >= 0.3 is 5.97 Å². The minimum Gasteiger partial charge on any atom is -0.478 e. The maximum absolute atomic E-state index is 11.3. The lowest BCUT2D eigenvalue weighted by Crippen LogP contribution is -2.25. The van der Waals surface area contributed by atoms with Crippen molar-refractivity contribution in [2.45, 2.75) is 17.7 Å². The third-order valence-corrected chi connectivity index (χ3v) is 4.30. The molecule has 2 rings (SSSR count). The van der Waals surface area contributed by atoms with E-state index in [4.69, 9.17) is 9.88 Å². The maximum atomic E-state index is 11.3. The summed E-state index contributed by atoms with van der Waals surface area (Å²) in [6, 6.07) is 3.78. The van der Waals surface area contributed by atoms with E-state index in [1.54, 1.807) is 0 Å². The number of nitrogens with one attached hydrogen (secondary N) is 1. The van der Waals surface area contributed by atoms with E-state index in [0.717, 1.165) is 25.5 Å². The SMILES string of the molecule is NS(=O)(=O)c1ccc(NCC2CCCOC2)c(C(=O)O)c1. The second kappa shape index (κ2) is 6.42. The van der Waals surface area contributed by atoms with E-state index in [-0.39, 0.29) is 10.5 Å². The molecular formula is C13H18N2O5S. The van der Waals surface area contributed by atoms with E-state index >= 15 is 0 Å². The van der Waals surface area contributed by atoms with Gasteiger partial charge in [0.25, 0.3) is 0 Å². The Morgan fingerprint density at radius 1 is 1.48 bits per heavy atom. The molecule has 4 N–H and O–H groups in total. The molecule has 7 nitrogen and oxygen atoms in total. The summed E-state index contributed by atoms with van der Waals surface area (Å²) < 4.78 is 27.9. The van der Waals surface area contributed by atoms with Crippen molar-refractivity contribution >= 4 is 21.7 Å². The van der Waals surface area contributed by atoms with Crippen LogP contribution in [0.3, 0.4) is 0 Å². The smallest absolute Gasteiger partial charge is 0.337 e. The second-order valence-corrected chi connectivity index (χ2v) is 6.58. The lowest BCUT2D eigenvalue weighted by atomic mass is 10.0. The van der Waals surface area contributed by atoms with Crippen LogP contribution < -0.4 is 10.5 Å². The molecule has 1 saturated heterocycles. The molecule has 1 aromatic carbocycles. The molecule has 21 heavy (non-hydrogen) atoms. The molecule has 1 heterocycles. The molecule has 1 aromatic rings. The summed E-state index contributed by atoms with van der Waals surface area (Å²) in [6.45, 7) is 1.99. The fourth-order valence-corrected chi connectivity index (χ4v) is 2.79. The van der Waals surface area contributed by atoms with Crippen molar-refractivity contribution in [2.75, 3.05) is 25.1 Å². The van der Waals surface area contributed by atoms with Gasteiger partial charge in [-0.1, -0.05) is 0 Å². The van der Waals surface area contributed by atoms with Gasteiger partial charge < -0.3 is 15.2 Å². The largest absolute Gasteiger partial charge is 0.478 e. The lowest BCUT2D eigenvalue weighted by Gasteiger charge is -2.23. The number of carbonyl (C=O) groups is 1. The minimum atomic E-state index is -3.92. The van der Waals surface area contributed by atoms with Gasteiger partial charge in [-0.3, -0.25) is 0 Å². The molecular weight excluding hydrogens is 296 g/mol. The zero-order valence-corrected chi connectivity index (χ0v) is 12.2. The molecule has 0 bridgehead atoms. The number of hydrogen-bond acceptors (Lipinski definition) is 5.